The highest BCUT2D eigenvalue weighted by molar-refractivity contribution is 5.93. The number of benzene rings is 2. The van der Waals surface area contributed by atoms with E-state index in [4.69, 9.17) is 4.74 Å². The average molecular weight is 410 g/mol. The molecule has 1 atom stereocenters. The summed E-state index contributed by atoms with van der Waals surface area (Å²) in [5.74, 6) is -0.723. The number of nitrogens with zero attached hydrogens (tertiary/aromatic N) is 1. The quantitative estimate of drug-likeness (QED) is 0.548. The molecule has 1 unspecified atom stereocenters. The van der Waals surface area contributed by atoms with Gasteiger partial charge in [-0.05, 0) is 67.8 Å². The summed E-state index contributed by atoms with van der Waals surface area (Å²) in [5, 5.41) is 2.98. The van der Waals surface area contributed by atoms with Gasteiger partial charge in [0.15, 0.2) is 0 Å². The number of hydrogen-bond acceptors (Lipinski definition) is 4. The maximum absolute atomic E-state index is 13.4. The molecule has 6 heteroatoms. The Balaban J connectivity index is 1.53. The number of carbonyl (C=O) groups is 2. The van der Waals surface area contributed by atoms with Crippen LogP contribution in [0.15, 0.2) is 54.6 Å². The molecule has 0 saturated carbocycles. The maximum Gasteiger partial charge on any atom is 0.330 e. The largest absolute Gasteiger partial charge is 0.463 e. The molecule has 5 nitrogen and oxygen atoms in total. The minimum atomic E-state index is -0.380. The highest BCUT2D eigenvalue weighted by Gasteiger charge is 2.25. The van der Waals surface area contributed by atoms with Gasteiger partial charge in [0.2, 0.25) is 5.91 Å². The van der Waals surface area contributed by atoms with Crippen molar-refractivity contribution in [2.75, 3.05) is 25.0 Å². The van der Waals surface area contributed by atoms with Gasteiger partial charge in [0.25, 0.3) is 0 Å². The van der Waals surface area contributed by atoms with Gasteiger partial charge >= 0.3 is 5.97 Å². The van der Waals surface area contributed by atoms with Gasteiger partial charge in [0, 0.05) is 24.9 Å². The number of esters is 1. The molecule has 0 radical (unpaired) electrons. The lowest BCUT2D eigenvalue weighted by atomic mass is 9.96. The summed E-state index contributed by atoms with van der Waals surface area (Å²) in [5.41, 5.74) is 2.48. The van der Waals surface area contributed by atoms with Gasteiger partial charge < -0.3 is 10.1 Å². The van der Waals surface area contributed by atoms with E-state index in [2.05, 4.69) is 10.2 Å². The molecule has 3 rings (SSSR count). The van der Waals surface area contributed by atoms with Crippen LogP contribution in [-0.4, -0.2) is 36.5 Å². The van der Waals surface area contributed by atoms with E-state index in [9.17, 15) is 14.0 Å². The van der Waals surface area contributed by atoms with Crippen LogP contribution in [0.25, 0.3) is 6.08 Å². The predicted octanol–water partition coefficient (Wildman–Crippen LogP) is 4.25. The van der Waals surface area contributed by atoms with E-state index in [1.165, 1.54) is 12.1 Å². The van der Waals surface area contributed by atoms with E-state index in [1.54, 1.807) is 25.1 Å². The lowest BCUT2D eigenvalue weighted by Crippen LogP contribution is -2.40. The molecule has 1 aliphatic rings. The van der Waals surface area contributed by atoms with Crippen molar-refractivity contribution in [3.63, 3.8) is 0 Å². The molecule has 1 saturated heterocycles. The number of piperidine rings is 1. The van der Waals surface area contributed by atoms with Gasteiger partial charge in [-0.3, -0.25) is 9.69 Å². The Morgan fingerprint density at radius 1 is 1.23 bits per heavy atom. The molecule has 1 N–H and O–H groups in total. The standard InChI is InChI=1S/C24H27FN2O3/c1-2-30-23(28)13-10-18-8-11-22(12-9-18)26-24(29)20-6-4-14-27(17-20)16-19-5-3-7-21(25)15-19/h3,5,7-13,15,20H,2,4,6,14,16-17H2,1H3,(H,26,29). The summed E-state index contributed by atoms with van der Waals surface area (Å²) in [7, 11) is 0. The molecule has 1 aliphatic heterocycles. The number of amides is 1. The number of likely N-dealkylation sites (tertiary alicyclic amines) is 1. The Morgan fingerprint density at radius 2 is 2.03 bits per heavy atom. The third-order valence-electron chi connectivity index (χ3n) is 5.05. The Kier molecular flexibility index (Phi) is 7.74. The zero-order chi connectivity index (χ0) is 21.3. The monoisotopic (exact) mass is 410 g/mol. The van der Waals surface area contributed by atoms with E-state index >= 15 is 0 Å². The molecule has 1 amide bonds. The smallest absolute Gasteiger partial charge is 0.330 e. The molecular formula is C24H27FN2O3. The van der Waals surface area contributed by atoms with Crippen LogP contribution in [0.2, 0.25) is 0 Å². The normalized spacial score (nSPS) is 17.1. The molecule has 2 aromatic carbocycles. The number of nitrogens with one attached hydrogen (secondary N) is 1. The van der Waals surface area contributed by atoms with E-state index in [0.717, 1.165) is 36.2 Å². The number of halogens is 1. The molecule has 1 fully saturated rings. The van der Waals surface area contributed by atoms with Crippen LogP contribution in [0.3, 0.4) is 0 Å². The second-order valence-corrected chi connectivity index (χ2v) is 7.40. The Hall–Kier alpha value is -2.99. The van der Waals surface area contributed by atoms with Gasteiger partial charge in [0.05, 0.1) is 12.5 Å². The van der Waals surface area contributed by atoms with Crippen LogP contribution in [-0.2, 0) is 20.9 Å². The zero-order valence-corrected chi connectivity index (χ0v) is 17.1. The van der Waals surface area contributed by atoms with Crippen LogP contribution >= 0.6 is 0 Å². The molecule has 158 valence electrons. The maximum atomic E-state index is 13.4. The highest BCUT2D eigenvalue weighted by Crippen LogP contribution is 2.21. The summed E-state index contributed by atoms with van der Waals surface area (Å²) < 4.78 is 18.3. The van der Waals surface area contributed by atoms with Crippen LogP contribution in [0.1, 0.15) is 30.9 Å². The van der Waals surface area contributed by atoms with Crippen molar-refractivity contribution >= 4 is 23.6 Å². The summed E-state index contributed by atoms with van der Waals surface area (Å²) in [6.45, 7) is 4.30. The van der Waals surface area contributed by atoms with Crippen molar-refractivity contribution in [3.05, 3.63) is 71.6 Å². The van der Waals surface area contributed by atoms with Gasteiger partial charge in [-0.1, -0.05) is 24.3 Å². The minimum absolute atomic E-state index is 0.00578. The molecule has 2 aromatic rings. The number of ether oxygens (including phenoxy) is 1. The summed E-state index contributed by atoms with van der Waals surface area (Å²) in [4.78, 5) is 26.3. The van der Waals surface area contributed by atoms with Crippen LogP contribution in [0.5, 0.6) is 0 Å². The summed E-state index contributed by atoms with van der Waals surface area (Å²) in [6.07, 6.45) is 4.83. The van der Waals surface area contributed by atoms with Crippen LogP contribution < -0.4 is 5.32 Å². The molecule has 0 aliphatic carbocycles. The molecule has 30 heavy (non-hydrogen) atoms. The lowest BCUT2D eigenvalue weighted by molar-refractivity contribution is -0.137. The van der Waals surface area contributed by atoms with Crippen molar-refractivity contribution in [1.82, 2.24) is 4.90 Å². The third kappa shape index (κ3) is 6.52. The first-order valence-electron chi connectivity index (χ1n) is 10.3. The van der Waals surface area contributed by atoms with Crippen molar-refractivity contribution in [1.29, 1.82) is 0 Å². The Bertz CT molecular complexity index is 896. The first-order valence-corrected chi connectivity index (χ1v) is 10.3. The molecule has 1 heterocycles. The van der Waals surface area contributed by atoms with Crippen LogP contribution in [0, 0.1) is 11.7 Å². The molecule has 0 bridgehead atoms. The van der Waals surface area contributed by atoms with Gasteiger partial charge in [-0.15, -0.1) is 0 Å². The van der Waals surface area contributed by atoms with E-state index in [0.29, 0.717) is 19.7 Å². The van der Waals surface area contributed by atoms with Gasteiger partial charge in [-0.2, -0.15) is 0 Å². The number of rotatable bonds is 7. The highest BCUT2D eigenvalue weighted by atomic mass is 19.1. The van der Waals surface area contributed by atoms with Crippen LogP contribution in [0.4, 0.5) is 10.1 Å². The fourth-order valence-electron chi connectivity index (χ4n) is 3.58. The average Bonchev–Trinajstić information content (AvgIpc) is 2.74. The lowest BCUT2D eigenvalue weighted by Gasteiger charge is -2.32. The van der Waals surface area contributed by atoms with Crippen molar-refractivity contribution < 1.29 is 18.7 Å². The van der Waals surface area contributed by atoms with Crippen molar-refractivity contribution in [2.45, 2.75) is 26.3 Å². The second kappa shape index (κ2) is 10.7. The fourth-order valence-corrected chi connectivity index (χ4v) is 3.58. The fraction of sp³-hybridized carbons (Fsp3) is 0.333. The first kappa shape index (κ1) is 21.7. The van der Waals surface area contributed by atoms with Crippen molar-refractivity contribution in [2.24, 2.45) is 5.92 Å². The number of hydrogen-bond donors (Lipinski definition) is 1. The Morgan fingerprint density at radius 3 is 2.77 bits per heavy atom. The Labute approximate surface area is 176 Å². The summed E-state index contributed by atoms with van der Waals surface area (Å²) >= 11 is 0. The SMILES string of the molecule is CCOC(=O)C=Cc1ccc(NC(=O)C2CCCN(Cc3cccc(F)c3)C2)cc1. The predicted molar refractivity (Wildman–Crippen MR) is 115 cm³/mol. The van der Waals surface area contributed by atoms with E-state index in [1.807, 2.05) is 30.3 Å². The van der Waals surface area contributed by atoms with Gasteiger partial charge in [0.1, 0.15) is 5.82 Å². The molecule has 0 aromatic heterocycles. The van der Waals surface area contributed by atoms with E-state index in [-0.39, 0.29) is 23.6 Å². The second-order valence-electron chi connectivity index (χ2n) is 7.40. The molecule has 0 spiro atoms. The zero-order valence-electron chi connectivity index (χ0n) is 17.1. The van der Waals surface area contributed by atoms with E-state index < -0.39 is 0 Å². The van der Waals surface area contributed by atoms with Crippen molar-refractivity contribution in [3.8, 4) is 0 Å². The summed E-state index contributed by atoms with van der Waals surface area (Å²) in [6, 6.07) is 13.9. The number of anilines is 1. The molecular weight excluding hydrogens is 383 g/mol. The first-order chi connectivity index (χ1) is 14.5. The van der Waals surface area contributed by atoms with Gasteiger partial charge in [-0.25, -0.2) is 9.18 Å². The minimum Gasteiger partial charge on any atom is -0.463 e. The topological polar surface area (TPSA) is 58.6 Å². The number of carbonyl (C=O) groups excluding carboxylic acids is 2. The third-order valence-corrected chi connectivity index (χ3v) is 5.05.